The zero-order valence-electron chi connectivity index (χ0n) is 11.7. The van der Waals surface area contributed by atoms with Gasteiger partial charge in [-0.15, -0.1) is 0 Å². The summed E-state index contributed by atoms with van der Waals surface area (Å²) in [7, 11) is 1.62. The number of ether oxygens (including phenoxy) is 1. The molecule has 104 valence electrons. The number of hydroxylamine groups is 2. The zero-order valence-corrected chi connectivity index (χ0v) is 11.7. The lowest BCUT2D eigenvalue weighted by Gasteiger charge is -2.34. The normalized spacial score (nSPS) is 25.9. The molecule has 0 saturated carbocycles. The fourth-order valence-corrected chi connectivity index (χ4v) is 2.52. The number of nitriles is 2. The maximum absolute atomic E-state index is 9.36. The van der Waals surface area contributed by atoms with Crippen LogP contribution < -0.4 is 4.74 Å². The Balaban J connectivity index is 2.34. The molecular formula is C15H17N3O2. The first-order chi connectivity index (χ1) is 9.66. The molecule has 5 nitrogen and oxygen atoms in total. The Hall–Kier alpha value is -2.08. The van der Waals surface area contributed by atoms with Gasteiger partial charge in [0.1, 0.15) is 5.75 Å². The molecule has 20 heavy (non-hydrogen) atoms. The van der Waals surface area contributed by atoms with Gasteiger partial charge in [-0.2, -0.15) is 15.6 Å². The molecule has 2 atom stereocenters. The molecule has 2 rings (SSSR count). The molecule has 1 aromatic rings. The second-order valence-electron chi connectivity index (χ2n) is 4.86. The summed E-state index contributed by atoms with van der Waals surface area (Å²) in [5, 5.41) is 19.9. The molecule has 0 bridgehead atoms. The van der Waals surface area contributed by atoms with Crippen molar-refractivity contribution in [3.63, 3.8) is 0 Å². The molecule has 1 aliphatic rings. The van der Waals surface area contributed by atoms with Crippen LogP contribution in [0.25, 0.3) is 0 Å². The van der Waals surface area contributed by atoms with Crippen molar-refractivity contribution in [2.24, 2.45) is 5.92 Å². The lowest BCUT2D eigenvalue weighted by atomic mass is 9.81. The Morgan fingerprint density at radius 2 is 2.10 bits per heavy atom. The molecule has 1 saturated heterocycles. The molecule has 1 aliphatic heterocycles. The van der Waals surface area contributed by atoms with Crippen molar-refractivity contribution >= 4 is 0 Å². The van der Waals surface area contributed by atoms with Gasteiger partial charge in [-0.3, -0.25) is 4.84 Å². The molecule has 5 heteroatoms. The molecule has 0 amide bonds. The predicted octanol–water partition coefficient (Wildman–Crippen LogP) is 2.21. The molecule has 0 radical (unpaired) electrons. The summed E-state index contributed by atoms with van der Waals surface area (Å²) in [6, 6.07) is 12.0. The van der Waals surface area contributed by atoms with Gasteiger partial charge in [0.2, 0.25) is 0 Å². The second kappa shape index (κ2) is 5.92. The Labute approximate surface area is 118 Å². The van der Waals surface area contributed by atoms with Crippen molar-refractivity contribution in [2.75, 3.05) is 20.3 Å². The third-order valence-corrected chi connectivity index (χ3v) is 3.85. The largest absolute Gasteiger partial charge is 0.497 e. The molecule has 0 aliphatic carbocycles. The van der Waals surface area contributed by atoms with Crippen molar-refractivity contribution in [3.8, 4) is 17.9 Å². The third kappa shape index (κ3) is 2.34. The fraction of sp³-hybridized carbons (Fsp3) is 0.467. The highest BCUT2D eigenvalue weighted by molar-refractivity contribution is 5.33. The van der Waals surface area contributed by atoms with E-state index in [-0.39, 0.29) is 5.92 Å². The monoisotopic (exact) mass is 271 g/mol. The topological polar surface area (TPSA) is 69.3 Å². The van der Waals surface area contributed by atoms with Gasteiger partial charge in [-0.25, -0.2) is 0 Å². The van der Waals surface area contributed by atoms with Crippen LogP contribution in [0.2, 0.25) is 0 Å². The Kier molecular flexibility index (Phi) is 4.24. The van der Waals surface area contributed by atoms with E-state index in [2.05, 4.69) is 12.1 Å². The number of nitrogens with zero attached hydrogens (tertiary/aromatic N) is 3. The van der Waals surface area contributed by atoms with E-state index in [0.717, 1.165) is 11.3 Å². The van der Waals surface area contributed by atoms with Crippen LogP contribution in [0.3, 0.4) is 0 Å². The quantitative estimate of drug-likeness (QED) is 0.839. The van der Waals surface area contributed by atoms with Crippen molar-refractivity contribution in [1.82, 2.24) is 5.06 Å². The third-order valence-electron chi connectivity index (χ3n) is 3.85. The molecule has 0 N–H and O–H groups in total. The number of hydrogen-bond donors (Lipinski definition) is 0. The second-order valence-corrected chi connectivity index (χ2v) is 4.86. The van der Waals surface area contributed by atoms with Crippen molar-refractivity contribution in [1.29, 1.82) is 10.5 Å². The zero-order chi connectivity index (χ0) is 14.6. The Bertz CT molecular complexity index is 544. The average Bonchev–Trinajstić information content (AvgIpc) is 2.82. The van der Waals surface area contributed by atoms with Crippen molar-refractivity contribution in [2.45, 2.75) is 18.9 Å². The van der Waals surface area contributed by atoms with E-state index >= 15 is 0 Å². The predicted molar refractivity (Wildman–Crippen MR) is 72.3 cm³/mol. The van der Waals surface area contributed by atoms with Gasteiger partial charge < -0.3 is 4.74 Å². The first-order valence-corrected chi connectivity index (χ1v) is 6.48. The highest BCUT2D eigenvalue weighted by Crippen LogP contribution is 2.41. The van der Waals surface area contributed by atoms with Crippen LogP contribution in [0.1, 0.15) is 18.9 Å². The van der Waals surface area contributed by atoms with E-state index in [1.807, 2.05) is 31.2 Å². The van der Waals surface area contributed by atoms with Crippen molar-refractivity contribution < 1.29 is 9.57 Å². The van der Waals surface area contributed by atoms with E-state index in [0.29, 0.717) is 19.6 Å². The smallest absolute Gasteiger partial charge is 0.118 e. The van der Waals surface area contributed by atoms with E-state index in [9.17, 15) is 5.26 Å². The number of methoxy groups -OCH3 is 1. The van der Waals surface area contributed by atoms with Crippen LogP contribution in [0, 0.1) is 28.6 Å². The van der Waals surface area contributed by atoms with Gasteiger partial charge in [0.15, 0.2) is 0 Å². The fourth-order valence-electron chi connectivity index (χ4n) is 2.52. The molecule has 1 aromatic carbocycles. The molecule has 0 unspecified atom stereocenters. The lowest BCUT2D eigenvalue weighted by molar-refractivity contribution is -0.161. The summed E-state index contributed by atoms with van der Waals surface area (Å²) < 4.78 is 5.16. The van der Waals surface area contributed by atoms with Crippen LogP contribution in [0.5, 0.6) is 5.75 Å². The summed E-state index contributed by atoms with van der Waals surface area (Å²) in [5.74, 6) is 0.503. The van der Waals surface area contributed by atoms with Gasteiger partial charge in [0.05, 0.1) is 43.7 Å². The van der Waals surface area contributed by atoms with Gasteiger partial charge in [-0.1, -0.05) is 12.1 Å². The minimum atomic E-state index is -0.544. The van der Waals surface area contributed by atoms with Crippen LogP contribution in [-0.4, -0.2) is 25.3 Å². The van der Waals surface area contributed by atoms with Gasteiger partial charge >= 0.3 is 0 Å². The van der Waals surface area contributed by atoms with Gasteiger partial charge in [0.25, 0.3) is 0 Å². The molecule has 1 heterocycles. The van der Waals surface area contributed by atoms with Crippen LogP contribution in [0.4, 0.5) is 0 Å². The summed E-state index contributed by atoms with van der Waals surface area (Å²) in [6.07, 6.45) is 0.365. The Morgan fingerprint density at radius 3 is 2.65 bits per heavy atom. The van der Waals surface area contributed by atoms with E-state index in [1.165, 1.54) is 0 Å². The van der Waals surface area contributed by atoms with E-state index in [1.54, 1.807) is 12.2 Å². The highest BCUT2D eigenvalue weighted by Gasteiger charge is 2.48. The van der Waals surface area contributed by atoms with Crippen LogP contribution >= 0.6 is 0 Å². The van der Waals surface area contributed by atoms with Crippen LogP contribution in [-0.2, 0) is 10.4 Å². The first kappa shape index (κ1) is 14.3. The minimum absolute atomic E-state index is 0.269. The van der Waals surface area contributed by atoms with Crippen molar-refractivity contribution in [3.05, 3.63) is 29.8 Å². The van der Waals surface area contributed by atoms with E-state index in [4.69, 9.17) is 14.8 Å². The standard InChI is InChI=1S/C15H17N3O2/c1-15(12-4-6-14(19-2)7-5-12)13(10-17)11-20-18(15)9-3-8-16/h4-7,13H,3,9,11H2,1-2H3/t13-,15-/m0/s1. The summed E-state index contributed by atoms with van der Waals surface area (Å²) in [4.78, 5) is 5.61. The Morgan fingerprint density at radius 1 is 1.40 bits per heavy atom. The number of benzene rings is 1. The maximum atomic E-state index is 9.36. The minimum Gasteiger partial charge on any atom is -0.497 e. The van der Waals surface area contributed by atoms with Crippen LogP contribution in [0.15, 0.2) is 24.3 Å². The van der Waals surface area contributed by atoms with Gasteiger partial charge in [0, 0.05) is 6.54 Å². The molecule has 0 spiro atoms. The molecular weight excluding hydrogens is 254 g/mol. The number of hydrogen-bond acceptors (Lipinski definition) is 5. The summed E-state index contributed by atoms with van der Waals surface area (Å²) in [6.45, 7) is 2.81. The SMILES string of the molecule is COc1ccc([C@@]2(C)[C@@H](C#N)CON2CCC#N)cc1. The highest BCUT2D eigenvalue weighted by atomic mass is 16.7. The van der Waals surface area contributed by atoms with Gasteiger partial charge in [-0.05, 0) is 24.6 Å². The average molecular weight is 271 g/mol. The summed E-state index contributed by atoms with van der Waals surface area (Å²) in [5.41, 5.74) is 0.443. The number of rotatable bonds is 4. The first-order valence-electron chi connectivity index (χ1n) is 6.48. The molecule has 1 fully saturated rings. The maximum Gasteiger partial charge on any atom is 0.118 e. The summed E-state index contributed by atoms with van der Waals surface area (Å²) >= 11 is 0. The van der Waals surface area contributed by atoms with E-state index < -0.39 is 5.54 Å². The molecule has 0 aromatic heterocycles. The lowest BCUT2D eigenvalue weighted by Crippen LogP contribution is -2.42.